The van der Waals surface area contributed by atoms with E-state index in [4.69, 9.17) is 5.26 Å². The topological polar surface area (TPSA) is 97.7 Å². The Morgan fingerprint density at radius 1 is 1.55 bits per heavy atom. The Labute approximate surface area is 128 Å². The van der Waals surface area contributed by atoms with E-state index >= 15 is 0 Å². The lowest BCUT2D eigenvalue weighted by Crippen LogP contribution is -2.18. The van der Waals surface area contributed by atoms with Gasteiger partial charge in [-0.25, -0.2) is 0 Å². The van der Waals surface area contributed by atoms with Crippen molar-refractivity contribution in [3.63, 3.8) is 0 Å². The molecule has 22 heavy (non-hydrogen) atoms. The zero-order chi connectivity index (χ0) is 15.5. The SMILES string of the molecule is CNC(=O)c1ccc(-c2cc(C3CCN(C#N)C3)[nH]n2)cn1. The van der Waals surface area contributed by atoms with Gasteiger partial charge in [0.1, 0.15) is 5.69 Å². The Morgan fingerprint density at radius 3 is 3.05 bits per heavy atom. The Bertz CT molecular complexity index is 714. The molecule has 1 aliphatic heterocycles. The van der Waals surface area contributed by atoms with E-state index in [0.29, 0.717) is 11.6 Å². The molecule has 0 aliphatic carbocycles. The highest BCUT2D eigenvalue weighted by atomic mass is 16.1. The van der Waals surface area contributed by atoms with Gasteiger partial charge in [-0.3, -0.25) is 14.9 Å². The number of carbonyl (C=O) groups excluding carboxylic acids is 1. The number of nitriles is 1. The number of rotatable bonds is 3. The molecule has 1 unspecified atom stereocenters. The van der Waals surface area contributed by atoms with E-state index < -0.39 is 0 Å². The number of aromatic nitrogens is 3. The van der Waals surface area contributed by atoms with Crippen LogP contribution in [0.25, 0.3) is 11.3 Å². The number of pyridine rings is 1. The zero-order valence-electron chi connectivity index (χ0n) is 12.2. The van der Waals surface area contributed by atoms with E-state index in [0.717, 1.165) is 36.5 Å². The Morgan fingerprint density at radius 2 is 2.41 bits per heavy atom. The minimum atomic E-state index is -0.211. The molecule has 0 spiro atoms. The Kier molecular flexibility index (Phi) is 3.74. The quantitative estimate of drug-likeness (QED) is 0.827. The average Bonchev–Trinajstić information content (AvgIpc) is 3.23. The van der Waals surface area contributed by atoms with E-state index in [1.165, 1.54) is 0 Å². The maximum absolute atomic E-state index is 11.5. The Hall–Kier alpha value is -2.88. The molecule has 1 fully saturated rings. The van der Waals surface area contributed by atoms with E-state index in [2.05, 4.69) is 26.7 Å². The van der Waals surface area contributed by atoms with Crippen molar-refractivity contribution in [2.45, 2.75) is 12.3 Å². The third-order valence-electron chi connectivity index (χ3n) is 3.89. The number of nitrogens with zero attached hydrogens (tertiary/aromatic N) is 4. The van der Waals surface area contributed by atoms with Crippen LogP contribution in [0.1, 0.15) is 28.5 Å². The van der Waals surface area contributed by atoms with E-state index in [-0.39, 0.29) is 5.91 Å². The molecule has 7 heteroatoms. The summed E-state index contributed by atoms with van der Waals surface area (Å²) < 4.78 is 0. The first-order valence-electron chi connectivity index (χ1n) is 7.09. The summed E-state index contributed by atoms with van der Waals surface area (Å²) in [6.45, 7) is 1.52. The van der Waals surface area contributed by atoms with Crippen molar-refractivity contribution in [2.75, 3.05) is 20.1 Å². The molecule has 3 rings (SSSR count). The third-order valence-corrected chi connectivity index (χ3v) is 3.89. The zero-order valence-corrected chi connectivity index (χ0v) is 12.2. The highest BCUT2D eigenvalue weighted by Gasteiger charge is 2.24. The highest BCUT2D eigenvalue weighted by molar-refractivity contribution is 5.92. The second-order valence-corrected chi connectivity index (χ2v) is 5.25. The lowest BCUT2D eigenvalue weighted by molar-refractivity contribution is 0.0958. The van der Waals surface area contributed by atoms with E-state index in [1.54, 1.807) is 24.2 Å². The minimum absolute atomic E-state index is 0.211. The van der Waals surface area contributed by atoms with Crippen LogP contribution in [-0.2, 0) is 0 Å². The summed E-state index contributed by atoms with van der Waals surface area (Å²) in [7, 11) is 1.57. The number of H-pyrrole nitrogens is 1. The summed E-state index contributed by atoms with van der Waals surface area (Å²) >= 11 is 0. The molecule has 1 saturated heterocycles. The predicted molar refractivity (Wildman–Crippen MR) is 79.8 cm³/mol. The van der Waals surface area contributed by atoms with Crippen molar-refractivity contribution in [1.82, 2.24) is 25.4 Å². The fraction of sp³-hybridized carbons (Fsp3) is 0.333. The van der Waals surface area contributed by atoms with Crippen LogP contribution in [0.15, 0.2) is 24.4 Å². The average molecular weight is 296 g/mol. The van der Waals surface area contributed by atoms with Gasteiger partial charge < -0.3 is 10.2 Å². The molecule has 2 N–H and O–H groups in total. The van der Waals surface area contributed by atoms with Crippen molar-refractivity contribution >= 4 is 5.91 Å². The molecule has 0 saturated carbocycles. The molecule has 3 heterocycles. The molecule has 112 valence electrons. The summed E-state index contributed by atoms with van der Waals surface area (Å²) in [5.74, 6) is 0.0934. The molecular formula is C15H16N6O. The molecule has 1 atom stereocenters. The number of hydrogen-bond acceptors (Lipinski definition) is 5. The second-order valence-electron chi connectivity index (χ2n) is 5.25. The van der Waals surface area contributed by atoms with Crippen LogP contribution >= 0.6 is 0 Å². The van der Waals surface area contributed by atoms with Gasteiger partial charge in [0.05, 0.1) is 5.69 Å². The summed E-state index contributed by atoms with van der Waals surface area (Å²) in [6.07, 6.45) is 4.76. The van der Waals surface area contributed by atoms with Gasteiger partial charge in [0.25, 0.3) is 5.91 Å². The predicted octanol–water partition coefficient (Wildman–Crippen LogP) is 1.10. The fourth-order valence-electron chi connectivity index (χ4n) is 2.61. The van der Waals surface area contributed by atoms with Gasteiger partial charge in [0.15, 0.2) is 6.19 Å². The van der Waals surface area contributed by atoms with Crippen molar-refractivity contribution in [3.05, 3.63) is 35.8 Å². The van der Waals surface area contributed by atoms with Crippen LogP contribution in [-0.4, -0.2) is 46.1 Å². The summed E-state index contributed by atoms with van der Waals surface area (Å²) in [5, 5.41) is 18.8. The first-order chi connectivity index (χ1) is 10.7. The molecule has 2 aromatic rings. The van der Waals surface area contributed by atoms with Gasteiger partial charge in [-0.15, -0.1) is 0 Å². The normalized spacial score (nSPS) is 17.3. The van der Waals surface area contributed by atoms with Crippen molar-refractivity contribution in [3.8, 4) is 17.5 Å². The van der Waals surface area contributed by atoms with Crippen LogP contribution in [0.5, 0.6) is 0 Å². The van der Waals surface area contributed by atoms with Crippen LogP contribution in [0.4, 0.5) is 0 Å². The smallest absolute Gasteiger partial charge is 0.269 e. The van der Waals surface area contributed by atoms with Gasteiger partial charge in [0.2, 0.25) is 0 Å². The maximum Gasteiger partial charge on any atom is 0.269 e. The van der Waals surface area contributed by atoms with Crippen LogP contribution < -0.4 is 5.32 Å². The van der Waals surface area contributed by atoms with E-state index in [9.17, 15) is 4.79 Å². The highest BCUT2D eigenvalue weighted by Crippen LogP contribution is 2.28. The molecule has 1 aliphatic rings. The maximum atomic E-state index is 11.5. The summed E-state index contributed by atoms with van der Waals surface area (Å²) in [6, 6.07) is 5.49. The monoisotopic (exact) mass is 296 g/mol. The first kappa shape index (κ1) is 14.1. The number of hydrogen-bond donors (Lipinski definition) is 2. The molecule has 0 radical (unpaired) electrons. The van der Waals surface area contributed by atoms with Gasteiger partial charge in [-0.1, -0.05) is 0 Å². The van der Waals surface area contributed by atoms with Crippen LogP contribution in [0, 0.1) is 11.5 Å². The molecule has 7 nitrogen and oxygen atoms in total. The fourth-order valence-corrected chi connectivity index (χ4v) is 2.61. The molecular weight excluding hydrogens is 280 g/mol. The van der Waals surface area contributed by atoms with E-state index in [1.807, 2.05) is 12.1 Å². The van der Waals surface area contributed by atoms with Crippen LogP contribution in [0.2, 0.25) is 0 Å². The molecule has 1 amide bonds. The van der Waals surface area contributed by atoms with Crippen molar-refractivity contribution < 1.29 is 4.79 Å². The number of carbonyl (C=O) groups is 1. The summed E-state index contributed by atoms with van der Waals surface area (Å²) in [4.78, 5) is 17.4. The number of likely N-dealkylation sites (tertiary alicyclic amines) is 1. The number of nitrogens with one attached hydrogen (secondary N) is 2. The third kappa shape index (κ3) is 2.63. The van der Waals surface area contributed by atoms with Gasteiger partial charge in [-0.05, 0) is 24.6 Å². The minimum Gasteiger partial charge on any atom is -0.354 e. The lowest BCUT2D eigenvalue weighted by atomic mass is 10.0. The van der Waals surface area contributed by atoms with Gasteiger partial charge >= 0.3 is 0 Å². The standard InChI is InChI=1S/C15H16N6O/c1-17-15(22)12-3-2-10(7-18-12)13-6-14(20-19-13)11-4-5-21(8-11)9-16/h2-3,6-7,11H,4-5,8H2,1H3,(H,17,22)(H,19,20). The van der Waals surface area contributed by atoms with Crippen molar-refractivity contribution in [2.24, 2.45) is 0 Å². The van der Waals surface area contributed by atoms with Crippen molar-refractivity contribution in [1.29, 1.82) is 5.26 Å². The summed E-state index contributed by atoms with van der Waals surface area (Å²) in [5.41, 5.74) is 3.05. The number of aromatic amines is 1. The lowest BCUT2D eigenvalue weighted by Gasteiger charge is -2.06. The first-order valence-corrected chi connectivity index (χ1v) is 7.09. The molecule has 0 aromatic carbocycles. The molecule has 0 bridgehead atoms. The number of amides is 1. The Balaban J connectivity index is 1.76. The van der Waals surface area contributed by atoms with Crippen LogP contribution in [0.3, 0.4) is 0 Å². The van der Waals surface area contributed by atoms with Gasteiger partial charge in [-0.2, -0.15) is 10.4 Å². The second kappa shape index (κ2) is 5.85. The van der Waals surface area contributed by atoms with Gasteiger partial charge in [0, 0.05) is 43.5 Å². The largest absolute Gasteiger partial charge is 0.354 e. The molecule has 2 aromatic heterocycles.